The fraction of sp³-hybridized carbons (Fsp3) is 0.421. The van der Waals surface area contributed by atoms with Gasteiger partial charge in [-0.15, -0.1) is 0 Å². The lowest BCUT2D eigenvalue weighted by Gasteiger charge is -2.23. The van der Waals surface area contributed by atoms with Crippen LogP contribution in [-0.4, -0.2) is 22.6 Å². The molecule has 0 saturated carbocycles. The van der Waals surface area contributed by atoms with Gasteiger partial charge in [-0.2, -0.15) is 10.2 Å². The van der Waals surface area contributed by atoms with Gasteiger partial charge in [0.1, 0.15) is 11.9 Å². The Morgan fingerprint density at radius 2 is 2.20 bits per heavy atom. The molecule has 6 nitrogen and oxygen atoms in total. The zero-order chi connectivity index (χ0) is 17.8. The fourth-order valence-electron chi connectivity index (χ4n) is 3.20. The van der Waals surface area contributed by atoms with Gasteiger partial charge in [0.25, 0.3) is 0 Å². The van der Waals surface area contributed by atoms with Crippen molar-refractivity contribution >= 4 is 23.1 Å². The number of anilines is 4. The van der Waals surface area contributed by atoms with Gasteiger partial charge in [0.15, 0.2) is 0 Å². The van der Waals surface area contributed by atoms with E-state index in [1.54, 1.807) is 12.1 Å². The van der Waals surface area contributed by atoms with Gasteiger partial charge in [-0.1, -0.05) is 13.3 Å². The molecule has 0 radical (unpaired) electrons. The number of aryl methyl sites for hydroxylation is 1. The van der Waals surface area contributed by atoms with Crippen molar-refractivity contribution in [1.82, 2.24) is 9.97 Å². The summed E-state index contributed by atoms with van der Waals surface area (Å²) in [6, 6.07) is 9.98. The van der Waals surface area contributed by atoms with Crippen LogP contribution in [0.3, 0.4) is 0 Å². The Labute approximate surface area is 148 Å². The van der Waals surface area contributed by atoms with Gasteiger partial charge in [0.2, 0.25) is 5.95 Å². The number of hydrogen-bond donors (Lipinski definition) is 2. The summed E-state index contributed by atoms with van der Waals surface area (Å²) < 4.78 is 0. The van der Waals surface area contributed by atoms with Crippen LogP contribution in [0.5, 0.6) is 0 Å². The highest BCUT2D eigenvalue weighted by atomic mass is 15.3. The van der Waals surface area contributed by atoms with Gasteiger partial charge in [-0.25, -0.2) is 4.98 Å². The number of hydrogen-bond acceptors (Lipinski definition) is 6. The second kappa shape index (κ2) is 7.39. The second-order valence-electron chi connectivity index (χ2n) is 6.51. The molecule has 2 aromatic rings. The quantitative estimate of drug-likeness (QED) is 0.811. The number of nitrogens with one attached hydrogen (secondary N) is 1. The first kappa shape index (κ1) is 17.0. The summed E-state index contributed by atoms with van der Waals surface area (Å²) in [4.78, 5) is 11.7. The molecule has 1 aliphatic rings. The van der Waals surface area contributed by atoms with Crippen molar-refractivity contribution in [3.63, 3.8) is 0 Å². The first-order valence-electron chi connectivity index (χ1n) is 8.82. The van der Waals surface area contributed by atoms with Crippen LogP contribution in [0.15, 0.2) is 24.3 Å². The van der Waals surface area contributed by atoms with E-state index in [1.165, 1.54) is 12.8 Å². The molecule has 0 spiro atoms. The summed E-state index contributed by atoms with van der Waals surface area (Å²) in [6.45, 7) is 5.41. The van der Waals surface area contributed by atoms with Crippen LogP contribution in [0, 0.1) is 11.3 Å². The zero-order valence-electron chi connectivity index (χ0n) is 14.8. The SMILES string of the molecule is CCCc1cc(N2CCC[C@H]2C)nc(Nc2ccc(N)c(C#N)c2)n1. The molecule has 2 heterocycles. The molecule has 0 unspecified atom stereocenters. The van der Waals surface area contributed by atoms with E-state index in [0.717, 1.165) is 36.6 Å². The maximum Gasteiger partial charge on any atom is 0.229 e. The molecule has 0 amide bonds. The van der Waals surface area contributed by atoms with Crippen molar-refractivity contribution in [3.8, 4) is 6.07 Å². The summed E-state index contributed by atoms with van der Waals surface area (Å²) in [5, 5.41) is 12.4. The van der Waals surface area contributed by atoms with E-state index >= 15 is 0 Å². The van der Waals surface area contributed by atoms with Crippen LogP contribution in [0.25, 0.3) is 0 Å². The van der Waals surface area contributed by atoms with Gasteiger partial charge >= 0.3 is 0 Å². The Morgan fingerprint density at radius 1 is 1.36 bits per heavy atom. The molecule has 3 N–H and O–H groups in total. The van der Waals surface area contributed by atoms with Crippen molar-refractivity contribution < 1.29 is 0 Å². The fourth-order valence-corrected chi connectivity index (χ4v) is 3.20. The van der Waals surface area contributed by atoms with E-state index in [0.29, 0.717) is 23.2 Å². The molecule has 25 heavy (non-hydrogen) atoms. The average molecular weight is 336 g/mol. The minimum Gasteiger partial charge on any atom is -0.398 e. The Hall–Kier alpha value is -2.81. The van der Waals surface area contributed by atoms with E-state index in [-0.39, 0.29) is 0 Å². The van der Waals surface area contributed by atoms with Gasteiger partial charge in [-0.05, 0) is 44.4 Å². The largest absolute Gasteiger partial charge is 0.398 e. The van der Waals surface area contributed by atoms with Crippen molar-refractivity contribution in [1.29, 1.82) is 5.26 Å². The molecule has 1 aromatic heterocycles. The summed E-state index contributed by atoms with van der Waals surface area (Å²) >= 11 is 0. The number of nitriles is 1. The molecule has 1 fully saturated rings. The molecule has 0 aliphatic carbocycles. The third-order valence-corrected chi connectivity index (χ3v) is 4.55. The molecule has 130 valence electrons. The number of nitrogen functional groups attached to an aromatic ring is 1. The lowest BCUT2D eigenvalue weighted by Crippen LogP contribution is -2.27. The van der Waals surface area contributed by atoms with Crippen molar-refractivity contribution in [2.75, 3.05) is 22.5 Å². The number of benzene rings is 1. The maximum atomic E-state index is 9.14. The highest BCUT2D eigenvalue weighted by Crippen LogP contribution is 2.26. The second-order valence-corrected chi connectivity index (χ2v) is 6.51. The summed E-state index contributed by atoms with van der Waals surface area (Å²) in [5.41, 5.74) is 8.51. The maximum absolute atomic E-state index is 9.14. The van der Waals surface area contributed by atoms with Crippen LogP contribution in [-0.2, 0) is 6.42 Å². The standard InChI is InChI=1S/C19H24N6/c1-3-5-15-11-18(25-9-4-6-13(25)2)24-19(22-15)23-16-7-8-17(21)14(10-16)12-20/h7-8,10-11,13H,3-6,9,21H2,1-2H3,(H,22,23,24)/t13-/m1/s1. The van der Waals surface area contributed by atoms with Crippen molar-refractivity contribution in [3.05, 3.63) is 35.5 Å². The van der Waals surface area contributed by atoms with E-state index in [2.05, 4.69) is 41.2 Å². The highest BCUT2D eigenvalue weighted by Gasteiger charge is 2.22. The molecule has 1 saturated heterocycles. The van der Waals surface area contributed by atoms with Crippen LogP contribution < -0.4 is 16.0 Å². The number of aromatic nitrogens is 2. The van der Waals surface area contributed by atoms with Crippen LogP contribution in [0.1, 0.15) is 44.4 Å². The van der Waals surface area contributed by atoms with Crippen LogP contribution in [0.2, 0.25) is 0 Å². The minimum absolute atomic E-state index is 0.447. The third-order valence-electron chi connectivity index (χ3n) is 4.55. The highest BCUT2D eigenvalue weighted by molar-refractivity contribution is 5.65. The Bertz CT molecular complexity index is 795. The molecule has 3 rings (SSSR count). The Morgan fingerprint density at radius 3 is 2.88 bits per heavy atom. The van der Waals surface area contributed by atoms with Gasteiger partial charge in [0, 0.05) is 35.7 Å². The molecule has 1 aliphatic heterocycles. The van der Waals surface area contributed by atoms with E-state index in [1.807, 2.05) is 6.07 Å². The predicted molar refractivity (Wildman–Crippen MR) is 101 cm³/mol. The van der Waals surface area contributed by atoms with E-state index in [9.17, 15) is 0 Å². The first-order valence-corrected chi connectivity index (χ1v) is 8.82. The van der Waals surface area contributed by atoms with Crippen molar-refractivity contribution in [2.24, 2.45) is 0 Å². The summed E-state index contributed by atoms with van der Waals surface area (Å²) in [6.07, 6.45) is 4.34. The van der Waals surface area contributed by atoms with Gasteiger partial charge in [-0.3, -0.25) is 0 Å². The Kier molecular flexibility index (Phi) is 5.03. The van der Waals surface area contributed by atoms with Crippen LogP contribution in [0.4, 0.5) is 23.1 Å². The molecule has 6 heteroatoms. The molecule has 1 atom stereocenters. The topological polar surface area (TPSA) is 90.9 Å². The molecule has 0 bridgehead atoms. The van der Waals surface area contributed by atoms with E-state index in [4.69, 9.17) is 16.0 Å². The van der Waals surface area contributed by atoms with Gasteiger partial charge in [0.05, 0.1) is 5.56 Å². The smallest absolute Gasteiger partial charge is 0.229 e. The lowest BCUT2D eigenvalue weighted by molar-refractivity contribution is 0.724. The minimum atomic E-state index is 0.447. The third kappa shape index (κ3) is 3.82. The number of rotatable bonds is 5. The number of nitrogens with two attached hydrogens (primary N) is 1. The molecular weight excluding hydrogens is 312 g/mol. The number of nitrogens with zero attached hydrogens (tertiary/aromatic N) is 4. The monoisotopic (exact) mass is 336 g/mol. The molecular formula is C19H24N6. The summed E-state index contributed by atoms with van der Waals surface area (Å²) in [7, 11) is 0. The zero-order valence-corrected chi connectivity index (χ0v) is 14.8. The first-order chi connectivity index (χ1) is 12.1. The van der Waals surface area contributed by atoms with Gasteiger partial charge < -0.3 is 16.0 Å². The van der Waals surface area contributed by atoms with E-state index < -0.39 is 0 Å². The average Bonchev–Trinajstić information content (AvgIpc) is 3.03. The van der Waals surface area contributed by atoms with Crippen molar-refractivity contribution in [2.45, 2.75) is 45.6 Å². The Balaban J connectivity index is 1.92. The normalized spacial score (nSPS) is 16.7. The lowest BCUT2D eigenvalue weighted by atomic mass is 10.2. The van der Waals surface area contributed by atoms with Crippen LogP contribution >= 0.6 is 0 Å². The predicted octanol–water partition coefficient (Wildman–Crippen LogP) is 3.62. The summed E-state index contributed by atoms with van der Waals surface area (Å²) in [5.74, 6) is 1.54. The molecule has 1 aromatic carbocycles.